The molecule has 1 amide bonds. The molecule has 0 atom stereocenters. The zero-order chi connectivity index (χ0) is 21.2. The summed E-state index contributed by atoms with van der Waals surface area (Å²) in [7, 11) is 0. The second-order valence-electron chi connectivity index (χ2n) is 8.15. The number of aromatic amines is 1. The molecular formula is C27H18N4O. The predicted molar refractivity (Wildman–Crippen MR) is 127 cm³/mol. The molecule has 1 aliphatic heterocycles. The van der Waals surface area contributed by atoms with Crippen molar-refractivity contribution >= 4 is 39.2 Å². The van der Waals surface area contributed by atoms with Gasteiger partial charge in [0.05, 0.1) is 12.1 Å². The van der Waals surface area contributed by atoms with Crippen LogP contribution in [0.15, 0.2) is 91.0 Å². The van der Waals surface area contributed by atoms with E-state index in [-0.39, 0.29) is 5.91 Å². The van der Waals surface area contributed by atoms with Crippen molar-refractivity contribution in [2.75, 3.05) is 4.90 Å². The first-order chi connectivity index (χ1) is 15.8. The fraction of sp³-hybridized carbons (Fsp3) is 0.0370. The molecule has 3 aromatic carbocycles. The fourth-order valence-corrected chi connectivity index (χ4v) is 4.92. The van der Waals surface area contributed by atoms with Gasteiger partial charge in [0.25, 0.3) is 5.91 Å². The summed E-state index contributed by atoms with van der Waals surface area (Å²) < 4.78 is 2.12. The zero-order valence-electron chi connectivity index (χ0n) is 17.1. The minimum absolute atomic E-state index is 0.0362. The molecule has 0 saturated carbocycles. The molecule has 3 aromatic heterocycles. The van der Waals surface area contributed by atoms with Crippen LogP contribution in [-0.2, 0) is 6.54 Å². The lowest BCUT2D eigenvalue weighted by Crippen LogP contribution is -2.34. The van der Waals surface area contributed by atoms with E-state index in [2.05, 4.69) is 39.7 Å². The SMILES string of the molecule is O=C(c1ccccc1)N1Cc2[nH]c3ccccc3c2-c2nc3ccc4ccccc4n3c21. The smallest absolute Gasteiger partial charge is 0.259 e. The van der Waals surface area contributed by atoms with Gasteiger partial charge in [0, 0.05) is 27.7 Å². The normalized spacial score (nSPS) is 12.9. The topological polar surface area (TPSA) is 53.4 Å². The molecule has 0 radical (unpaired) electrons. The van der Waals surface area contributed by atoms with E-state index in [4.69, 9.17) is 4.98 Å². The third kappa shape index (κ3) is 2.28. The van der Waals surface area contributed by atoms with Crippen LogP contribution in [0, 0.1) is 0 Å². The Balaban J connectivity index is 1.60. The molecule has 0 unspecified atom stereocenters. The highest BCUT2D eigenvalue weighted by Gasteiger charge is 2.34. The van der Waals surface area contributed by atoms with Crippen molar-refractivity contribution in [3.8, 4) is 11.3 Å². The third-order valence-corrected chi connectivity index (χ3v) is 6.33. The Hall–Kier alpha value is -4.38. The van der Waals surface area contributed by atoms with Gasteiger partial charge in [-0.15, -0.1) is 0 Å². The number of aromatic nitrogens is 3. The lowest BCUT2D eigenvalue weighted by Gasteiger charge is -2.27. The van der Waals surface area contributed by atoms with Crippen molar-refractivity contribution < 1.29 is 4.79 Å². The minimum Gasteiger partial charge on any atom is -0.356 e. The summed E-state index contributed by atoms with van der Waals surface area (Å²) in [5.74, 6) is 0.786. The summed E-state index contributed by atoms with van der Waals surface area (Å²) in [5.41, 5.74) is 6.51. The van der Waals surface area contributed by atoms with Gasteiger partial charge in [-0.25, -0.2) is 4.98 Å². The number of nitrogens with one attached hydrogen (secondary N) is 1. The van der Waals surface area contributed by atoms with Crippen LogP contribution >= 0.6 is 0 Å². The van der Waals surface area contributed by atoms with Gasteiger partial charge in [-0.3, -0.25) is 14.1 Å². The van der Waals surface area contributed by atoms with Crippen molar-refractivity contribution in [1.29, 1.82) is 0 Å². The van der Waals surface area contributed by atoms with E-state index in [0.29, 0.717) is 12.1 Å². The molecule has 6 aromatic rings. The maximum Gasteiger partial charge on any atom is 0.259 e. The number of H-pyrrole nitrogens is 1. The Morgan fingerprint density at radius 2 is 1.62 bits per heavy atom. The van der Waals surface area contributed by atoms with Gasteiger partial charge in [-0.2, -0.15) is 0 Å². The van der Waals surface area contributed by atoms with Crippen LogP contribution in [0.5, 0.6) is 0 Å². The van der Waals surface area contributed by atoms with E-state index >= 15 is 0 Å². The van der Waals surface area contributed by atoms with Crippen molar-refractivity contribution in [2.24, 2.45) is 0 Å². The quantitative estimate of drug-likeness (QED) is 0.370. The summed E-state index contributed by atoms with van der Waals surface area (Å²) in [6.07, 6.45) is 0. The van der Waals surface area contributed by atoms with Crippen LogP contribution in [0.1, 0.15) is 16.1 Å². The molecule has 0 spiro atoms. The number of para-hydroxylation sites is 2. The highest BCUT2D eigenvalue weighted by atomic mass is 16.2. The first-order valence-corrected chi connectivity index (χ1v) is 10.7. The van der Waals surface area contributed by atoms with Crippen LogP contribution in [-0.4, -0.2) is 20.3 Å². The van der Waals surface area contributed by atoms with Gasteiger partial charge < -0.3 is 4.98 Å². The Labute approximate surface area is 183 Å². The monoisotopic (exact) mass is 414 g/mol. The van der Waals surface area contributed by atoms with Crippen molar-refractivity contribution in [3.63, 3.8) is 0 Å². The molecule has 0 bridgehead atoms. The third-order valence-electron chi connectivity index (χ3n) is 6.33. The van der Waals surface area contributed by atoms with Crippen LogP contribution in [0.2, 0.25) is 0 Å². The van der Waals surface area contributed by atoms with E-state index in [1.165, 1.54) is 0 Å². The lowest BCUT2D eigenvalue weighted by molar-refractivity contribution is 0.0983. The Morgan fingerprint density at radius 1 is 0.844 bits per heavy atom. The molecule has 7 rings (SSSR count). The fourth-order valence-electron chi connectivity index (χ4n) is 4.92. The first-order valence-electron chi connectivity index (χ1n) is 10.7. The number of pyridine rings is 1. The highest BCUT2D eigenvalue weighted by molar-refractivity contribution is 6.12. The standard InChI is InChI=1S/C27H18N4O/c32-27(18-9-2-1-3-10-18)30-16-21-24(19-11-5-6-12-20(19)28-21)25-26(30)31-22-13-7-4-8-17(22)14-15-23(31)29-25/h1-15,28H,16H2. The number of carbonyl (C=O) groups excluding carboxylic acids is 1. The van der Waals surface area contributed by atoms with Crippen LogP contribution in [0.3, 0.4) is 0 Å². The van der Waals surface area contributed by atoms with E-state index in [1.54, 1.807) is 0 Å². The van der Waals surface area contributed by atoms with Gasteiger partial charge >= 0.3 is 0 Å². The van der Waals surface area contributed by atoms with Crippen molar-refractivity contribution in [1.82, 2.24) is 14.4 Å². The Bertz CT molecular complexity index is 1680. The Kier molecular flexibility index (Phi) is 3.41. The lowest BCUT2D eigenvalue weighted by atomic mass is 10.0. The molecule has 1 aliphatic rings. The largest absolute Gasteiger partial charge is 0.356 e. The molecule has 0 aliphatic carbocycles. The average Bonchev–Trinajstić information content (AvgIpc) is 3.42. The second kappa shape index (κ2) is 6.31. The van der Waals surface area contributed by atoms with Crippen LogP contribution in [0.4, 0.5) is 5.82 Å². The van der Waals surface area contributed by atoms with Gasteiger partial charge in [0.15, 0.2) is 0 Å². The molecular weight excluding hydrogens is 396 g/mol. The van der Waals surface area contributed by atoms with Crippen LogP contribution in [0.25, 0.3) is 38.7 Å². The summed E-state index contributed by atoms with van der Waals surface area (Å²) in [6, 6.07) is 30.1. The minimum atomic E-state index is -0.0362. The number of hydrogen-bond acceptors (Lipinski definition) is 2. The number of amides is 1. The van der Waals surface area contributed by atoms with E-state index in [0.717, 1.165) is 50.2 Å². The molecule has 0 saturated heterocycles. The van der Waals surface area contributed by atoms with E-state index in [9.17, 15) is 4.79 Å². The van der Waals surface area contributed by atoms with Gasteiger partial charge in [-0.05, 0) is 41.8 Å². The number of fused-ring (bicyclic) bond motifs is 9. The molecule has 1 N–H and O–H groups in total. The number of nitrogens with zero attached hydrogens (tertiary/aromatic N) is 3. The number of anilines is 1. The summed E-state index contributed by atoms with van der Waals surface area (Å²) in [4.78, 5) is 24.2. The van der Waals surface area contributed by atoms with E-state index < -0.39 is 0 Å². The molecule has 152 valence electrons. The predicted octanol–water partition coefficient (Wildman–Crippen LogP) is 5.80. The summed E-state index contributed by atoms with van der Waals surface area (Å²) in [6.45, 7) is 0.460. The highest BCUT2D eigenvalue weighted by Crippen LogP contribution is 2.44. The first kappa shape index (κ1) is 17.3. The van der Waals surface area contributed by atoms with Crippen molar-refractivity contribution in [3.05, 3.63) is 102 Å². The number of carbonyl (C=O) groups is 1. The van der Waals surface area contributed by atoms with Gasteiger partial charge in [-0.1, -0.05) is 54.6 Å². The molecule has 32 heavy (non-hydrogen) atoms. The van der Waals surface area contributed by atoms with Crippen molar-refractivity contribution in [2.45, 2.75) is 6.54 Å². The van der Waals surface area contributed by atoms with Crippen LogP contribution < -0.4 is 4.90 Å². The van der Waals surface area contributed by atoms with Gasteiger partial charge in [0.1, 0.15) is 17.2 Å². The maximum atomic E-state index is 13.7. The number of benzene rings is 3. The second-order valence-corrected chi connectivity index (χ2v) is 8.15. The average molecular weight is 414 g/mol. The molecule has 5 heteroatoms. The summed E-state index contributed by atoms with van der Waals surface area (Å²) >= 11 is 0. The molecule has 0 fully saturated rings. The zero-order valence-corrected chi connectivity index (χ0v) is 17.1. The number of rotatable bonds is 1. The van der Waals surface area contributed by atoms with Gasteiger partial charge in [0.2, 0.25) is 0 Å². The summed E-state index contributed by atoms with van der Waals surface area (Å²) in [5, 5.41) is 2.24. The van der Waals surface area contributed by atoms with E-state index in [1.807, 2.05) is 65.6 Å². The Morgan fingerprint density at radius 3 is 2.53 bits per heavy atom. The molecule has 5 nitrogen and oxygen atoms in total. The number of hydrogen-bond donors (Lipinski definition) is 1. The number of imidazole rings is 1. The maximum absolute atomic E-state index is 13.7. The molecule has 4 heterocycles.